The van der Waals surface area contributed by atoms with E-state index in [2.05, 4.69) is 21.3 Å². The zero-order valence-electron chi connectivity index (χ0n) is 14.6. The van der Waals surface area contributed by atoms with Gasteiger partial charge in [-0.1, -0.05) is 18.7 Å². The normalized spacial score (nSPS) is 14.3. The van der Waals surface area contributed by atoms with Crippen LogP contribution in [0.4, 0.5) is 5.82 Å². The highest BCUT2D eigenvalue weighted by molar-refractivity contribution is 7.89. The van der Waals surface area contributed by atoms with Crippen molar-refractivity contribution in [2.24, 2.45) is 5.92 Å². The molecule has 26 heavy (non-hydrogen) atoms. The molecule has 0 saturated heterocycles. The molecule has 1 aromatic heterocycles. The van der Waals surface area contributed by atoms with Gasteiger partial charge in [0.1, 0.15) is 11.5 Å². The van der Waals surface area contributed by atoms with Gasteiger partial charge in [0.05, 0.1) is 23.4 Å². The SMILES string of the molecule is C=C(c1nc(-c2cccc(S(=O)(=O)NCCOC)c2)cnc1N)C1CC1. The van der Waals surface area contributed by atoms with Gasteiger partial charge in [0.15, 0.2) is 0 Å². The molecular weight excluding hydrogens is 352 g/mol. The van der Waals surface area contributed by atoms with Crippen molar-refractivity contribution in [3.63, 3.8) is 0 Å². The van der Waals surface area contributed by atoms with E-state index in [1.54, 1.807) is 24.4 Å². The molecule has 0 radical (unpaired) electrons. The summed E-state index contributed by atoms with van der Waals surface area (Å²) in [6.45, 7) is 4.59. The van der Waals surface area contributed by atoms with E-state index in [4.69, 9.17) is 10.5 Å². The van der Waals surface area contributed by atoms with Gasteiger partial charge in [-0.25, -0.2) is 23.1 Å². The monoisotopic (exact) mass is 374 g/mol. The summed E-state index contributed by atoms with van der Waals surface area (Å²) >= 11 is 0. The lowest BCUT2D eigenvalue weighted by Gasteiger charge is -2.10. The minimum atomic E-state index is -3.62. The summed E-state index contributed by atoms with van der Waals surface area (Å²) in [5, 5.41) is 0. The topological polar surface area (TPSA) is 107 Å². The number of nitrogen functional groups attached to an aromatic ring is 1. The molecule has 2 aromatic rings. The van der Waals surface area contributed by atoms with E-state index in [0.717, 1.165) is 18.4 Å². The number of hydrogen-bond acceptors (Lipinski definition) is 6. The summed E-state index contributed by atoms with van der Waals surface area (Å²) in [5.41, 5.74) is 8.64. The number of allylic oxidation sites excluding steroid dienone is 1. The smallest absolute Gasteiger partial charge is 0.240 e. The highest BCUT2D eigenvalue weighted by Crippen LogP contribution is 2.41. The number of ether oxygens (including phenoxy) is 1. The Bertz CT molecular complexity index is 924. The van der Waals surface area contributed by atoms with E-state index >= 15 is 0 Å². The number of nitrogens with one attached hydrogen (secondary N) is 1. The lowest BCUT2D eigenvalue weighted by Crippen LogP contribution is -2.27. The summed E-state index contributed by atoms with van der Waals surface area (Å²) in [6, 6.07) is 6.57. The van der Waals surface area contributed by atoms with E-state index in [-0.39, 0.29) is 11.4 Å². The lowest BCUT2D eigenvalue weighted by molar-refractivity contribution is 0.204. The minimum Gasteiger partial charge on any atom is -0.383 e. The van der Waals surface area contributed by atoms with Crippen LogP contribution in [0, 0.1) is 5.92 Å². The maximum Gasteiger partial charge on any atom is 0.240 e. The van der Waals surface area contributed by atoms with Gasteiger partial charge < -0.3 is 10.5 Å². The molecule has 0 amide bonds. The van der Waals surface area contributed by atoms with Crippen LogP contribution in [0.25, 0.3) is 16.8 Å². The Morgan fingerprint density at radius 2 is 2.19 bits per heavy atom. The predicted molar refractivity (Wildman–Crippen MR) is 101 cm³/mol. The predicted octanol–water partition coefficient (Wildman–Crippen LogP) is 2.07. The molecule has 1 fully saturated rings. The summed E-state index contributed by atoms with van der Waals surface area (Å²) in [5.74, 6) is 0.759. The minimum absolute atomic E-state index is 0.160. The van der Waals surface area contributed by atoms with Crippen molar-refractivity contribution in [1.82, 2.24) is 14.7 Å². The van der Waals surface area contributed by atoms with Crippen molar-refractivity contribution in [3.8, 4) is 11.3 Å². The van der Waals surface area contributed by atoms with Crippen LogP contribution >= 0.6 is 0 Å². The molecule has 8 heteroatoms. The molecule has 1 aliphatic rings. The molecule has 0 atom stereocenters. The standard InChI is InChI=1S/C18H22N4O3S/c1-12(13-6-7-13)17-18(19)20-11-16(22-17)14-4-3-5-15(10-14)26(23,24)21-8-9-25-2/h3-5,10-11,13,21H,1,6-9H2,2H3,(H2,19,20). The third-order valence-electron chi connectivity index (χ3n) is 4.21. The molecule has 3 rings (SSSR count). The van der Waals surface area contributed by atoms with Crippen molar-refractivity contribution < 1.29 is 13.2 Å². The first-order valence-electron chi connectivity index (χ1n) is 8.33. The molecule has 1 heterocycles. The number of rotatable bonds is 8. The van der Waals surface area contributed by atoms with E-state index in [1.807, 2.05) is 0 Å². The highest BCUT2D eigenvalue weighted by Gasteiger charge is 2.28. The first-order valence-corrected chi connectivity index (χ1v) is 9.81. The molecular formula is C18H22N4O3S. The number of methoxy groups -OCH3 is 1. The molecule has 1 aromatic carbocycles. The molecule has 1 saturated carbocycles. The number of nitrogens with zero attached hydrogens (tertiary/aromatic N) is 2. The van der Waals surface area contributed by atoms with Crippen molar-refractivity contribution in [2.45, 2.75) is 17.7 Å². The van der Waals surface area contributed by atoms with Gasteiger partial charge in [0.25, 0.3) is 0 Å². The van der Waals surface area contributed by atoms with Crippen molar-refractivity contribution in [2.75, 3.05) is 26.0 Å². The van der Waals surface area contributed by atoms with Crippen LogP contribution in [0.3, 0.4) is 0 Å². The van der Waals surface area contributed by atoms with Crippen molar-refractivity contribution >= 4 is 21.4 Å². The van der Waals surface area contributed by atoms with Crippen LogP contribution in [0.2, 0.25) is 0 Å². The fourth-order valence-electron chi connectivity index (χ4n) is 2.58. The summed E-state index contributed by atoms with van der Waals surface area (Å²) in [6.07, 6.45) is 3.72. The second-order valence-electron chi connectivity index (χ2n) is 6.21. The number of anilines is 1. The summed E-state index contributed by atoms with van der Waals surface area (Å²) < 4.78 is 32.1. The summed E-state index contributed by atoms with van der Waals surface area (Å²) in [4.78, 5) is 8.95. The van der Waals surface area contributed by atoms with Crippen LogP contribution in [0.15, 0.2) is 41.9 Å². The molecule has 0 bridgehead atoms. The second kappa shape index (κ2) is 7.53. The first kappa shape index (κ1) is 18.5. The average molecular weight is 374 g/mol. The molecule has 138 valence electrons. The van der Waals surface area contributed by atoms with Crippen molar-refractivity contribution in [1.29, 1.82) is 0 Å². The Morgan fingerprint density at radius 3 is 2.88 bits per heavy atom. The maximum absolute atomic E-state index is 12.4. The molecule has 7 nitrogen and oxygen atoms in total. The Kier molecular flexibility index (Phi) is 5.36. The van der Waals surface area contributed by atoms with Gasteiger partial charge >= 0.3 is 0 Å². The van der Waals surface area contributed by atoms with E-state index < -0.39 is 10.0 Å². The van der Waals surface area contributed by atoms with Crippen LogP contribution < -0.4 is 10.5 Å². The van der Waals surface area contributed by atoms with E-state index in [0.29, 0.717) is 35.3 Å². The number of benzene rings is 1. The van der Waals surface area contributed by atoms with Crippen molar-refractivity contribution in [3.05, 3.63) is 42.7 Å². The number of aromatic nitrogens is 2. The zero-order valence-corrected chi connectivity index (χ0v) is 15.4. The number of sulfonamides is 1. The highest BCUT2D eigenvalue weighted by atomic mass is 32.2. The van der Waals surface area contributed by atoms with Crippen LogP contribution in [0.1, 0.15) is 18.5 Å². The molecule has 0 spiro atoms. The summed E-state index contributed by atoms with van der Waals surface area (Å²) in [7, 11) is -2.11. The van der Waals surface area contributed by atoms with Gasteiger partial charge in [-0.3, -0.25) is 0 Å². The molecule has 0 unspecified atom stereocenters. The van der Waals surface area contributed by atoms with Crippen LogP contribution in [0.5, 0.6) is 0 Å². The molecule has 3 N–H and O–H groups in total. The number of nitrogens with two attached hydrogens (primary N) is 1. The van der Waals surface area contributed by atoms with Crippen LogP contribution in [-0.2, 0) is 14.8 Å². The third kappa shape index (κ3) is 4.09. The quantitative estimate of drug-likeness (QED) is 0.685. The number of hydrogen-bond donors (Lipinski definition) is 2. The molecule has 0 aliphatic heterocycles. The van der Waals surface area contributed by atoms with Crippen LogP contribution in [-0.4, -0.2) is 38.6 Å². The van der Waals surface area contributed by atoms with Gasteiger partial charge in [-0.15, -0.1) is 0 Å². The third-order valence-corrected chi connectivity index (χ3v) is 5.67. The van der Waals surface area contributed by atoms with Gasteiger partial charge in [0.2, 0.25) is 10.0 Å². The Balaban J connectivity index is 1.91. The zero-order chi connectivity index (χ0) is 18.7. The van der Waals surface area contributed by atoms with Gasteiger partial charge in [0, 0.05) is 19.2 Å². The molecule has 1 aliphatic carbocycles. The lowest BCUT2D eigenvalue weighted by atomic mass is 10.1. The second-order valence-corrected chi connectivity index (χ2v) is 7.97. The first-order chi connectivity index (χ1) is 12.4. The van der Waals surface area contributed by atoms with E-state index in [1.165, 1.54) is 13.2 Å². The Hall–Kier alpha value is -2.29. The Labute approximate surface area is 153 Å². The van der Waals surface area contributed by atoms with Gasteiger partial charge in [-0.2, -0.15) is 0 Å². The fourth-order valence-corrected chi connectivity index (χ4v) is 3.64. The average Bonchev–Trinajstić information content (AvgIpc) is 3.47. The maximum atomic E-state index is 12.4. The largest absolute Gasteiger partial charge is 0.383 e. The fraction of sp³-hybridized carbons (Fsp3) is 0.333. The Morgan fingerprint density at radius 1 is 1.42 bits per heavy atom. The van der Waals surface area contributed by atoms with E-state index in [9.17, 15) is 8.42 Å². The van der Waals surface area contributed by atoms with Gasteiger partial charge in [-0.05, 0) is 36.5 Å².